The molecular weight excluding hydrogens is 455 g/mol. The van der Waals surface area contributed by atoms with Gasteiger partial charge in [-0.05, 0) is 61.2 Å². The Hall–Kier alpha value is -3.24. The standard InChI is InChI=1S/C22H21FN2O5S2/c1-14-12-16(23)9-10-20(14)32(28,29)25-18-7-4-3-6-17(18)22(27)30-13-21(26)24-15(2)19-8-5-11-31-19/h3-12,15,25H,13H2,1-2H3,(H,24,26)/t15-/m1/s1. The fourth-order valence-electron chi connectivity index (χ4n) is 2.96. The van der Waals surface area contributed by atoms with Gasteiger partial charge in [0, 0.05) is 4.88 Å². The maximum Gasteiger partial charge on any atom is 0.340 e. The molecule has 0 fully saturated rings. The lowest BCUT2D eigenvalue weighted by atomic mass is 10.2. The van der Waals surface area contributed by atoms with Crippen LogP contribution in [-0.2, 0) is 19.6 Å². The van der Waals surface area contributed by atoms with Gasteiger partial charge in [-0.1, -0.05) is 18.2 Å². The summed E-state index contributed by atoms with van der Waals surface area (Å²) in [6.45, 7) is 2.76. The van der Waals surface area contributed by atoms with Crippen molar-refractivity contribution in [1.29, 1.82) is 0 Å². The molecule has 0 aliphatic carbocycles. The second-order valence-corrected chi connectivity index (χ2v) is 9.57. The van der Waals surface area contributed by atoms with Gasteiger partial charge in [0.15, 0.2) is 6.61 Å². The molecule has 0 radical (unpaired) electrons. The highest BCUT2D eigenvalue weighted by Crippen LogP contribution is 2.23. The van der Waals surface area contributed by atoms with Crippen LogP contribution in [0.15, 0.2) is 64.9 Å². The minimum Gasteiger partial charge on any atom is -0.452 e. The third-order valence-corrected chi connectivity index (χ3v) is 7.08. The average molecular weight is 477 g/mol. The number of thiophene rings is 1. The van der Waals surface area contributed by atoms with Crippen molar-refractivity contribution in [3.63, 3.8) is 0 Å². The smallest absolute Gasteiger partial charge is 0.340 e. The van der Waals surface area contributed by atoms with E-state index in [1.165, 1.54) is 36.5 Å². The van der Waals surface area contributed by atoms with E-state index in [0.29, 0.717) is 0 Å². The number of hydrogen-bond donors (Lipinski definition) is 2. The van der Waals surface area contributed by atoms with E-state index < -0.39 is 34.3 Å². The molecule has 0 unspecified atom stereocenters. The molecule has 168 valence electrons. The zero-order chi connectivity index (χ0) is 23.3. The Balaban J connectivity index is 1.69. The van der Waals surface area contributed by atoms with Crippen LogP contribution in [0, 0.1) is 12.7 Å². The first-order valence-electron chi connectivity index (χ1n) is 9.55. The highest BCUT2D eigenvalue weighted by Gasteiger charge is 2.22. The van der Waals surface area contributed by atoms with E-state index in [1.54, 1.807) is 6.07 Å². The van der Waals surface area contributed by atoms with Crippen LogP contribution < -0.4 is 10.0 Å². The van der Waals surface area contributed by atoms with Gasteiger partial charge in [-0.3, -0.25) is 9.52 Å². The number of para-hydroxylation sites is 1. The van der Waals surface area contributed by atoms with Crippen molar-refractivity contribution in [3.8, 4) is 0 Å². The minimum atomic E-state index is -4.09. The molecule has 3 aromatic rings. The molecule has 32 heavy (non-hydrogen) atoms. The van der Waals surface area contributed by atoms with Gasteiger partial charge < -0.3 is 10.1 Å². The van der Waals surface area contributed by atoms with Gasteiger partial charge in [0.1, 0.15) is 5.82 Å². The average Bonchev–Trinajstić information content (AvgIpc) is 3.27. The van der Waals surface area contributed by atoms with Crippen molar-refractivity contribution in [2.24, 2.45) is 0 Å². The number of esters is 1. The monoisotopic (exact) mass is 476 g/mol. The Kier molecular flexibility index (Phi) is 7.26. The first-order valence-corrected chi connectivity index (χ1v) is 11.9. The van der Waals surface area contributed by atoms with Gasteiger partial charge >= 0.3 is 5.97 Å². The first kappa shape index (κ1) is 23.4. The number of nitrogens with one attached hydrogen (secondary N) is 2. The van der Waals surface area contributed by atoms with Crippen LogP contribution in [0.25, 0.3) is 0 Å². The molecule has 7 nitrogen and oxygen atoms in total. The van der Waals surface area contributed by atoms with Crippen molar-refractivity contribution < 1.29 is 27.1 Å². The summed E-state index contributed by atoms with van der Waals surface area (Å²) >= 11 is 1.49. The summed E-state index contributed by atoms with van der Waals surface area (Å²) in [6.07, 6.45) is 0. The zero-order valence-electron chi connectivity index (χ0n) is 17.3. The van der Waals surface area contributed by atoms with E-state index in [0.717, 1.165) is 23.1 Å². The number of amides is 1. The number of ether oxygens (including phenoxy) is 1. The second-order valence-electron chi connectivity index (χ2n) is 6.94. The topological polar surface area (TPSA) is 102 Å². The maximum atomic E-state index is 13.3. The van der Waals surface area contributed by atoms with E-state index in [2.05, 4.69) is 10.0 Å². The van der Waals surface area contributed by atoms with E-state index in [4.69, 9.17) is 4.74 Å². The zero-order valence-corrected chi connectivity index (χ0v) is 18.9. The Morgan fingerprint density at radius 2 is 1.88 bits per heavy atom. The van der Waals surface area contributed by atoms with Gasteiger partial charge in [0.2, 0.25) is 0 Å². The third kappa shape index (κ3) is 5.71. The quantitative estimate of drug-likeness (QED) is 0.478. The highest BCUT2D eigenvalue weighted by molar-refractivity contribution is 7.92. The molecule has 1 amide bonds. The van der Waals surface area contributed by atoms with E-state index >= 15 is 0 Å². The molecule has 0 spiro atoms. The fraction of sp³-hybridized carbons (Fsp3) is 0.182. The van der Waals surface area contributed by atoms with Crippen molar-refractivity contribution in [2.45, 2.75) is 24.8 Å². The van der Waals surface area contributed by atoms with Crippen molar-refractivity contribution >= 4 is 38.9 Å². The van der Waals surface area contributed by atoms with Crippen molar-refractivity contribution in [1.82, 2.24) is 5.32 Å². The van der Waals surface area contributed by atoms with Gasteiger partial charge in [0.05, 0.1) is 22.2 Å². The Morgan fingerprint density at radius 1 is 1.12 bits per heavy atom. The lowest BCUT2D eigenvalue weighted by Gasteiger charge is -2.14. The van der Waals surface area contributed by atoms with Gasteiger partial charge in [-0.2, -0.15) is 0 Å². The number of aryl methyl sites for hydroxylation is 1. The first-order chi connectivity index (χ1) is 15.2. The predicted octanol–water partition coefficient (Wildman–Crippen LogP) is 4.03. The number of anilines is 1. The summed E-state index contributed by atoms with van der Waals surface area (Å²) in [4.78, 5) is 25.5. The van der Waals surface area contributed by atoms with Crippen LogP contribution in [-0.4, -0.2) is 26.9 Å². The van der Waals surface area contributed by atoms with E-state index in [1.807, 2.05) is 24.4 Å². The lowest BCUT2D eigenvalue weighted by Crippen LogP contribution is -2.31. The van der Waals surface area contributed by atoms with Crippen LogP contribution in [0.5, 0.6) is 0 Å². The van der Waals surface area contributed by atoms with Gasteiger partial charge in [-0.15, -0.1) is 11.3 Å². The lowest BCUT2D eigenvalue weighted by molar-refractivity contribution is -0.124. The summed E-state index contributed by atoms with van der Waals surface area (Å²) < 4.78 is 46.3. The van der Waals surface area contributed by atoms with Crippen molar-refractivity contribution in [3.05, 3.63) is 81.8 Å². The number of rotatable bonds is 8. The molecule has 0 bridgehead atoms. The maximum absolute atomic E-state index is 13.3. The third-order valence-electron chi connectivity index (χ3n) is 4.50. The van der Waals surface area contributed by atoms with Crippen LogP contribution in [0.3, 0.4) is 0 Å². The summed E-state index contributed by atoms with van der Waals surface area (Å²) in [7, 11) is -4.09. The molecule has 0 aliphatic heterocycles. The number of hydrogen-bond acceptors (Lipinski definition) is 6. The molecule has 0 saturated heterocycles. The van der Waals surface area contributed by atoms with Crippen LogP contribution >= 0.6 is 11.3 Å². The fourth-order valence-corrected chi connectivity index (χ4v) is 5.01. The normalized spacial score (nSPS) is 12.1. The summed E-state index contributed by atoms with van der Waals surface area (Å²) in [6, 6.07) is 12.7. The molecule has 0 aliphatic rings. The van der Waals surface area contributed by atoms with Crippen LogP contribution in [0.2, 0.25) is 0 Å². The number of halogens is 1. The number of benzene rings is 2. The summed E-state index contributed by atoms with van der Waals surface area (Å²) in [5.74, 6) is -1.91. The SMILES string of the molecule is Cc1cc(F)ccc1S(=O)(=O)Nc1ccccc1C(=O)OCC(=O)N[C@H](C)c1cccs1. The summed E-state index contributed by atoms with van der Waals surface area (Å²) in [5.41, 5.74) is 0.137. The number of carbonyl (C=O) groups excluding carboxylic acids is 2. The number of sulfonamides is 1. The Labute approximate surface area is 189 Å². The molecule has 3 rings (SSSR count). The molecule has 10 heteroatoms. The molecular formula is C22H21FN2O5S2. The van der Waals surface area contributed by atoms with Crippen LogP contribution in [0.1, 0.15) is 33.8 Å². The Bertz CT molecular complexity index is 1230. The molecule has 1 atom stereocenters. The highest BCUT2D eigenvalue weighted by atomic mass is 32.2. The van der Waals surface area contributed by atoms with E-state index in [-0.39, 0.29) is 27.8 Å². The molecule has 2 aromatic carbocycles. The van der Waals surface area contributed by atoms with Gasteiger partial charge in [0.25, 0.3) is 15.9 Å². The van der Waals surface area contributed by atoms with Crippen LogP contribution in [0.4, 0.5) is 10.1 Å². The molecule has 0 saturated carbocycles. The van der Waals surface area contributed by atoms with E-state index in [9.17, 15) is 22.4 Å². The van der Waals surface area contributed by atoms with Gasteiger partial charge in [-0.25, -0.2) is 17.6 Å². The minimum absolute atomic E-state index is 0.0198. The summed E-state index contributed by atoms with van der Waals surface area (Å²) in [5, 5.41) is 4.62. The molecule has 1 heterocycles. The number of carbonyl (C=O) groups is 2. The van der Waals surface area contributed by atoms with Crippen molar-refractivity contribution in [2.75, 3.05) is 11.3 Å². The predicted molar refractivity (Wildman–Crippen MR) is 120 cm³/mol. The largest absolute Gasteiger partial charge is 0.452 e. The second kappa shape index (κ2) is 9.92. The Morgan fingerprint density at radius 3 is 2.56 bits per heavy atom. The molecule has 1 aromatic heterocycles. The molecule has 2 N–H and O–H groups in total.